The summed E-state index contributed by atoms with van der Waals surface area (Å²) in [5, 5.41) is 13.8. The SMILES string of the molecule is Cc1cc(C(=O)Nc2cc(Cl)c(N)c(Cl)c2)ccc1[N+](=O)[O-]. The first-order chi connectivity index (χ1) is 10.3. The molecule has 0 fully saturated rings. The number of nitro groups is 1. The van der Waals surface area contributed by atoms with E-state index in [9.17, 15) is 14.9 Å². The molecule has 2 aromatic carbocycles. The predicted molar refractivity (Wildman–Crippen MR) is 86.7 cm³/mol. The van der Waals surface area contributed by atoms with E-state index in [1.165, 1.54) is 30.3 Å². The number of carbonyl (C=O) groups excluding carboxylic acids is 1. The number of nitrogens with zero attached hydrogens (tertiary/aromatic N) is 1. The Morgan fingerprint density at radius 1 is 1.23 bits per heavy atom. The first kappa shape index (κ1) is 16.1. The molecule has 1 amide bonds. The van der Waals surface area contributed by atoms with Gasteiger partial charge < -0.3 is 11.1 Å². The van der Waals surface area contributed by atoms with E-state index in [-0.39, 0.29) is 27.0 Å². The smallest absolute Gasteiger partial charge is 0.272 e. The number of halogens is 2. The normalized spacial score (nSPS) is 10.3. The minimum atomic E-state index is -0.503. The molecule has 0 aliphatic heterocycles. The van der Waals surface area contributed by atoms with Gasteiger partial charge in [0.25, 0.3) is 11.6 Å². The van der Waals surface area contributed by atoms with Crippen LogP contribution in [0.1, 0.15) is 15.9 Å². The van der Waals surface area contributed by atoms with Crippen molar-refractivity contribution in [3.05, 3.63) is 61.6 Å². The first-order valence-corrected chi connectivity index (χ1v) is 6.86. The fourth-order valence-electron chi connectivity index (χ4n) is 1.86. The highest BCUT2D eigenvalue weighted by Gasteiger charge is 2.14. The molecule has 0 aliphatic rings. The molecule has 8 heteroatoms. The summed E-state index contributed by atoms with van der Waals surface area (Å²) < 4.78 is 0. The van der Waals surface area contributed by atoms with E-state index >= 15 is 0 Å². The third-order valence-corrected chi connectivity index (χ3v) is 3.62. The number of amides is 1. The molecule has 0 unspecified atom stereocenters. The molecular weight excluding hydrogens is 329 g/mol. The molecule has 2 aromatic rings. The molecule has 3 N–H and O–H groups in total. The van der Waals surface area contributed by atoms with E-state index in [1.54, 1.807) is 6.92 Å². The van der Waals surface area contributed by atoms with Gasteiger partial charge in [-0.25, -0.2) is 0 Å². The summed E-state index contributed by atoms with van der Waals surface area (Å²) in [6, 6.07) is 7.04. The maximum Gasteiger partial charge on any atom is 0.272 e. The zero-order valence-corrected chi connectivity index (χ0v) is 12.9. The molecule has 114 valence electrons. The Morgan fingerprint density at radius 3 is 2.32 bits per heavy atom. The predicted octanol–water partition coefficient (Wildman–Crippen LogP) is 4.04. The van der Waals surface area contributed by atoms with Crippen molar-refractivity contribution in [2.24, 2.45) is 0 Å². The fraction of sp³-hybridized carbons (Fsp3) is 0.0714. The standard InChI is InChI=1S/C14H11Cl2N3O3/c1-7-4-8(2-3-12(7)19(21)22)14(20)18-9-5-10(15)13(17)11(16)6-9/h2-6H,17H2,1H3,(H,18,20). The van der Waals surface area contributed by atoms with Crippen LogP contribution in [0.25, 0.3) is 0 Å². The summed E-state index contributed by atoms with van der Waals surface area (Å²) in [4.78, 5) is 22.4. The number of nitrogens with two attached hydrogens (primary N) is 1. The largest absolute Gasteiger partial charge is 0.396 e. The number of hydrogen-bond donors (Lipinski definition) is 2. The molecule has 0 atom stereocenters. The molecule has 22 heavy (non-hydrogen) atoms. The van der Waals surface area contributed by atoms with Crippen LogP contribution >= 0.6 is 23.2 Å². The number of nitro benzene ring substituents is 1. The Labute approximate surface area is 136 Å². The van der Waals surface area contributed by atoms with Gasteiger partial charge in [0.05, 0.1) is 20.7 Å². The van der Waals surface area contributed by atoms with Crippen molar-refractivity contribution in [1.82, 2.24) is 0 Å². The zero-order valence-electron chi connectivity index (χ0n) is 11.4. The summed E-state index contributed by atoms with van der Waals surface area (Å²) in [6.45, 7) is 1.56. The molecule has 0 aliphatic carbocycles. The molecule has 6 nitrogen and oxygen atoms in total. The minimum absolute atomic E-state index is 0.0462. The highest BCUT2D eigenvalue weighted by Crippen LogP contribution is 2.31. The fourth-order valence-corrected chi connectivity index (χ4v) is 2.35. The van der Waals surface area contributed by atoms with Crippen LogP contribution in [-0.4, -0.2) is 10.8 Å². The van der Waals surface area contributed by atoms with Crippen LogP contribution in [0.3, 0.4) is 0 Å². The molecule has 0 saturated heterocycles. The monoisotopic (exact) mass is 339 g/mol. The second-order valence-corrected chi connectivity index (χ2v) is 5.38. The maximum absolute atomic E-state index is 12.2. The average molecular weight is 340 g/mol. The van der Waals surface area contributed by atoms with Gasteiger partial charge in [0.1, 0.15) is 0 Å². The van der Waals surface area contributed by atoms with E-state index in [0.29, 0.717) is 11.3 Å². The number of hydrogen-bond acceptors (Lipinski definition) is 4. The Hall–Kier alpha value is -2.31. The van der Waals surface area contributed by atoms with E-state index in [0.717, 1.165) is 0 Å². The molecule has 0 aromatic heterocycles. The van der Waals surface area contributed by atoms with Gasteiger partial charge in [-0.1, -0.05) is 23.2 Å². The maximum atomic E-state index is 12.2. The van der Waals surface area contributed by atoms with Gasteiger partial charge >= 0.3 is 0 Å². The van der Waals surface area contributed by atoms with Gasteiger partial charge in [0, 0.05) is 22.9 Å². The van der Waals surface area contributed by atoms with Crippen LogP contribution in [0, 0.1) is 17.0 Å². The lowest BCUT2D eigenvalue weighted by Gasteiger charge is -2.09. The van der Waals surface area contributed by atoms with Crippen molar-refractivity contribution in [3.8, 4) is 0 Å². The lowest BCUT2D eigenvalue weighted by molar-refractivity contribution is -0.385. The average Bonchev–Trinajstić information content (AvgIpc) is 2.44. The third-order valence-electron chi connectivity index (χ3n) is 2.99. The second kappa shape index (κ2) is 6.21. The number of benzene rings is 2. The second-order valence-electron chi connectivity index (χ2n) is 4.57. The molecule has 2 rings (SSSR count). The van der Waals surface area contributed by atoms with E-state index in [4.69, 9.17) is 28.9 Å². The van der Waals surface area contributed by atoms with Gasteiger partial charge in [-0.15, -0.1) is 0 Å². The van der Waals surface area contributed by atoms with Crippen molar-refractivity contribution in [3.63, 3.8) is 0 Å². The van der Waals surface area contributed by atoms with Crippen molar-refractivity contribution < 1.29 is 9.72 Å². The Balaban J connectivity index is 2.26. The summed E-state index contributed by atoms with van der Waals surface area (Å²) >= 11 is 11.8. The van der Waals surface area contributed by atoms with Crippen LogP contribution in [0.2, 0.25) is 10.0 Å². The van der Waals surface area contributed by atoms with Crippen LogP contribution in [0.4, 0.5) is 17.1 Å². The Kier molecular flexibility index (Phi) is 4.54. The summed E-state index contributed by atoms with van der Waals surface area (Å²) in [7, 11) is 0. The van der Waals surface area contributed by atoms with Gasteiger partial charge in [-0.3, -0.25) is 14.9 Å². The highest BCUT2D eigenvalue weighted by molar-refractivity contribution is 6.39. The number of nitrogen functional groups attached to an aromatic ring is 1. The Bertz CT molecular complexity index is 755. The van der Waals surface area contributed by atoms with E-state index < -0.39 is 10.8 Å². The summed E-state index contributed by atoms with van der Waals surface area (Å²) in [6.07, 6.45) is 0. The van der Waals surface area contributed by atoms with Crippen molar-refractivity contribution in [1.29, 1.82) is 0 Å². The van der Waals surface area contributed by atoms with Crippen LogP contribution in [-0.2, 0) is 0 Å². The lowest BCUT2D eigenvalue weighted by atomic mass is 10.1. The third kappa shape index (κ3) is 3.29. The van der Waals surface area contributed by atoms with Crippen LogP contribution in [0.5, 0.6) is 0 Å². The number of aryl methyl sites for hydroxylation is 1. The van der Waals surface area contributed by atoms with Crippen molar-refractivity contribution in [2.75, 3.05) is 11.1 Å². The molecule has 0 bridgehead atoms. The highest BCUT2D eigenvalue weighted by atomic mass is 35.5. The number of nitrogens with one attached hydrogen (secondary N) is 1. The van der Waals surface area contributed by atoms with Gasteiger partial charge in [-0.2, -0.15) is 0 Å². The van der Waals surface area contributed by atoms with Gasteiger partial charge in [0.2, 0.25) is 0 Å². The topological polar surface area (TPSA) is 98.3 Å². The van der Waals surface area contributed by atoms with E-state index in [1.807, 2.05) is 0 Å². The van der Waals surface area contributed by atoms with E-state index in [2.05, 4.69) is 5.32 Å². The number of carbonyl (C=O) groups is 1. The first-order valence-electron chi connectivity index (χ1n) is 6.10. The molecular formula is C14H11Cl2N3O3. The number of rotatable bonds is 3. The Morgan fingerprint density at radius 2 is 1.82 bits per heavy atom. The van der Waals surface area contributed by atoms with Crippen molar-refractivity contribution >= 4 is 46.2 Å². The molecule has 0 heterocycles. The van der Waals surface area contributed by atoms with Gasteiger partial charge in [0.15, 0.2) is 0 Å². The molecule has 0 spiro atoms. The molecule has 0 radical (unpaired) electrons. The zero-order chi connectivity index (χ0) is 16.4. The van der Waals surface area contributed by atoms with Crippen LogP contribution < -0.4 is 11.1 Å². The number of anilines is 2. The van der Waals surface area contributed by atoms with Gasteiger partial charge in [-0.05, 0) is 31.2 Å². The minimum Gasteiger partial charge on any atom is -0.396 e. The summed E-state index contributed by atoms with van der Waals surface area (Å²) in [5.41, 5.74) is 6.86. The summed E-state index contributed by atoms with van der Waals surface area (Å²) in [5.74, 6) is -0.435. The van der Waals surface area contributed by atoms with Crippen molar-refractivity contribution in [2.45, 2.75) is 6.92 Å². The van der Waals surface area contributed by atoms with Crippen LogP contribution in [0.15, 0.2) is 30.3 Å². The molecule has 0 saturated carbocycles. The lowest BCUT2D eigenvalue weighted by Crippen LogP contribution is -2.12. The quantitative estimate of drug-likeness (QED) is 0.500.